The fourth-order valence-corrected chi connectivity index (χ4v) is 3.41. The number of carbonyl (C=O) groups is 1. The summed E-state index contributed by atoms with van der Waals surface area (Å²) in [7, 11) is 1.62. The standard InChI is InChI=1S/C20H26ClN5O3/c1-29-13-3-8-22-19(27)15-26-20(28)7-6-18(23-26)25-11-9-24(10-12-25)17-5-2-4-16(21)14-17/h2,4-7,14H,3,8-13,15H2,1H3,(H,22,27). The van der Waals surface area contributed by atoms with Gasteiger partial charge >= 0.3 is 0 Å². The number of nitrogens with one attached hydrogen (secondary N) is 1. The van der Waals surface area contributed by atoms with E-state index in [2.05, 4.69) is 20.2 Å². The summed E-state index contributed by atoms with van der Waals surface area (Å²) in [5, 5.41) is 7.89. The summed E-state index contributed by atoms with van der Waals surface area (Å²) in [5.74, 6) is 0.459. The average Bonchev–Trinajstić information content (AvgIpc) is 2.73. The van der Waals surface area contributed by atoms with E-state index in [0.29, 0.717) is 19.0 Å². The molecule has 8 nitrogen and oxygen atoms in total. The Labute approximate surface area is 175 Å². The van der Waals surface area contributed by atoms with E-state index < -0.39 is 0 Å². The van der Waals surface area contributed by atoms with Crippen LogP contribution in [0.25, 0.3) is 0 Å². The zero-order chi connectivity index (χ0) is 20.6. The van der Waals surface area contributed by atoms with Crippen molar-refractivity contribution in [2.24, 2.45) is 0 Å². The molecule has 1 N–H and O–H groups in total. The van der Waals surface area contributed by atoms with E-state index in [1.165, 1.54) is 10.7 Å². The number of piperazine rings is 1. The van der Waals surface area contributed by atoms with Crippen LogP contribution in [-0.2, 0) is 16.1 Å². The lowest BCUT2D eigenvalue weighted by molar-refractivity contribution is -0.121. The van der Waals surface area contributed by atoms with Gasteiger partial charge in [-0.3, -0.25) is 9.59 Å². The van der Waals surface area contributed by atoms with Crippen molar-refractivity contribution in [1.82, 2.24) is 15.1 Å². The summed E-state index contributed by atoms with van der Waals surface area (Å²) >= 11 is 6.09. The van der Waals surface area contributed by atoms with Gasteiger partial charge in [0.2, 0.25) is 5.91 Å². The summed E-state index contributed by atoms with van der Waals surface area (Å²) in [6, 6.07) is 11.0. The molecule has 1 fully saturated rings. The van der Waals surface area contributed by atoms with Crippen molar-refractivity contribution in [2.45, 2.75) is 13.0 Å². The molecule has 1 aromatic carbocycles. The van der Waals surface area contributed by atoms with Gasteiger partial charge in [0.05, 0.1) is 0 Å². The molecule has 1 aromatic heterocycles. The van der Waals surface area contributed by atoms with Crippen LogP contribution in [0.5, 0.6) is 0 Å². The molecule has 0 atom stereocenters. The molecule has 156 valence electrons. The van der Waals surface area contributed by atoms with Crippen LogP contribution in [0, 0.1) is 0 Å². The van der Waals surface area contributed by atoms with Gasteiger partial charge in [-0.1, -0.05) is 17.7 Å². The van der Waals surface area contributed by atoms with E-state index in [9.17, 15) is 9.59 Å². The number of anilines is 2. The monoisotopic (exact) mass is 419 g/mol. The maximum absolute atomic E-state index is 12.1. The van der Waals surface area contributed by atoms with Gasteiger partial charge in [-0.2, -0.15) is 5.10 Å². The highest BCUT2D eigenvalue weighted by Crippen LogP contribution is 2.22. The van der Waals surface area contributed by atoms with Crippen LogP contribution in [0.15, 0.2) is 41.2 Å². The van der Waals surface area contributed by atoms with E-state index in [0.717, 1.165) is 43.3 Å². The van der Waals surface area contributed by atoms with Crippen LogP contribution in [0.3, 0.4) is 0 Å². The zero-order valence-electron chi connectivity index (χ0n) is 16.5. The smallest absolute Gasteiger partial charge is 0.267 e. The quantitative estimate of drug-likeness (QED) is 0.651. The Morgan fingerprint density at radius 3 is 2.66 bits per heavy atom. The molecule has 9 heteroatoms. The molecule has 29 heavy (non-hydrogen) atoms. The van der Waals surface area contributed by atoms with Crippen LogP contribution in [-0.4, -0.2) is 62.1 Å². The van der Waals surface area contributed by atoms with Gasteiger partial charge in [0.1, 0.15) is 12.4 Å². The highest BCUT2D eigenvalue weighted by molar-refractivity contribution is 6.30. The predicted molar refractivity (Wildman–Crippen MR) is 114 cm³/mol. The molecule has 2 heterocycles. The van der Waals surface area contributed by atoms with Gasteiger partial charge in [-0.15, -0.1) is 0 Å². The molecule has 0 bridgehead atoms. The summed E-state index contributed by atoms with van der Waals surface area (Å²) in [6.07, 6.45) is 0.724. The normalized spacial score (nSPS) is 14.1. The number of methoxy groups -OCH3 is 1. The molecule has 2 aromatic rings. The van der Waals surface area contributed by atoms with E-state index in [1.807, 2.05) is 24.3 Å². The first kappa shape index (κ1) is 21.1. The number of amides is 1. The highest BCUT2D eigenvalue weighted by Gasteiger charge is 2.19. The molecular weight excluding hydrogens is 394 g/mol. The molecule has 3 rings (SSSR count). The van der Waals surface area contributed by atoms with E-state index in [-0.39, 0.29) is 18.0 Å². The van der Waals surface area contributed by atoms with Crippen LogP contribution < -0.4 is 20.7 Å². The molecule has 0 radical (unpaired) electrons. The number of carbonyl (C=O) groups excluding carboxylic acids is 1. The lowest BCUT2D eigenvalue weighted by Gasteiger charge is -2.36. The number of halogens is 1. The minimum atomic E-state index is -0.293. The molecule has 1 saturated heterocycles. The third-order valence-electron chi connectivity index (χ3n) is 4.77. The Morgan fingerprint density at radius 2 is 1.93 bits per heavy atom. The van der Waals surface area contributed by atoms with Crippen molar-refractivity contribution in [1.29, 1.82) is 0 Å². The lowest BCUT2D eigenvalue weighted by Crippen LogP contribution is -2.47. The molecular formula is C20H26ClN5O3. The molecule has 0 saturated carbocycles. The molecule has 0 unspecified atom stereocenters. The lowest BCUT2D eigenvalue weighted by atomic mass is 10.2. The molecule has 0 aliphatic carbocycles. The second-order valence-corrected chi connectivity index (χ2v) is 7.27. The zero-order valence-corrected chi connectivity index (χ0v) is 17.3. The first-order chi connectivity index (χ1) is 14.1. The van der Waals surface area contributed by atoms with Crippen molar-refractivity contribution in [2.75, 3.05) is 56.2 Å². The van der Waals surface area contributed by atoms with Gasteiger partial charge < -0.3 is 19.9 Å². The Kier molecular flexibility index (Phi) is 7.48. The fourth-order valence-electron chi connectivity index (χ4n) is 3.22. The van der Waals surface area contributed by atoms with E-state index in [1.54, 1.807) is 13.2 Å². The second-order valence-electron chi connectivity index (χ2n) is 6.84. The molecule has 1 aliphatic heterocycles. The first-order valence-corrected chi connectivity index (χ1v) is 10.0. The third kappa shape index (κ3) is 5.95. The number of aromatic nitrogens is 2. The number of hydrogen-bond donors (Lipinski definition) is 1. The summed E-state index contributed by atoms with van der Waals surface area (Å²) in [4.78, 5) is 28.5. The number of benzene rings is 1. The maximum atomic E-state index is 12.1. The van der Waals surface area contributed by atoms with Crippen molar-refractivity contribution >= 4 is 29.0 Å². The number of rotatable bonds is 8. The van der Waals surface area contributed by atoms with Gasteiger partial charge in [-0.05, 0) is 30.7 Å². The van der Waals surface area contributed by atoms with Crippen molar-refractivity contribution in [3.8, 4) is 0 Å². The largest absolute Gasteiger partial charge is 0.385 e. The summed E-state index contributed by atoms with van der Waals surface area (Å²) < 4.78 is 6.16. The Balaban J connectivity index is 1.58. The van der Waals surface area contributed by atoms with E-state index >= 15 is 0 Å². The van der Waals surface area contributed by atoms with Gasteiger partial charge in [-0.25, -0.2) is 4.68 Å². The minimum absolute atomic E-state index is 0.0951. The SMILES string of the molecule is COCCCNC(=O)Cn1nc(N2CCN(c3cccc(Cl)c3)CC2)ccc1=O. The minimum Gasteiger partial charge on any atom is -0.385 e. The number of hydrogen-bond acceptors (Lipinski definition) is 6. The van der Waals surface area contributed by atoms with Crippen molar-refractivity contribution in [3.63, 3.8) is 0 Å². The van der Waals surface area contributed by atoms with Crippen molar-refractivity contribution in [3.05, 3.63) is 51.8 Å². The third-order valence-corrected chi connectivity index (χ3v) is 5.01. The fraction of sp³-hybridized carbons (Fsp3) is 0.450. The maximum Gasteiger partial charge on any atom is 0.267 e. The highest BCUT2D eigenvalue weighted by atomic mass is 35.5. The summed E-state index contributed by atoms with van der Waals surface area (Å²) in [6.45, 7) is 4.16. The van der Waals surface area contributed by atoms with Gasteiger partial charge in [0.25, 0.3) is 5.56 Å². The predicted octanol–water partition coefficient (Wildman–Crippen LogP) is 1.38. The van der Waals surface area contributed by atoms with Crippen LogP contribution >= 0.6 is 11.6 Å². The van der Waals surface area contributed by atoms with Crippen molar-refractivity contribution < 1.29 is 9.53 Å². The molecule has 1 amide bonds. The topological polar surface area (TPSA) is 79.7 Å². The van der Waals surface area contributed by atoms with Crippen LogP contribution in [0.4, 0.5) is 11.5 Å². The summed E-state index contributed by atoms with van der Waals surface area (Å²) in [5.41, 5.74) is 0.804. The second kappa shape index (κ2) is 10.3. The average molecular weight is 420 g/mol. The van der Waals surface area contributed by atoms with E-state index in [4.69, 9.17) is 16.3 Å². The van der Waals surface area contributed by atoms with Gasteiger partial charge in [0, 0.05) is 63.2 Å². The van der Waals surface area contributed by atoms with Gasteiger partial charge in [0.15, 0.2) is 0 Å². The van der Waals surface area contributed by atoms with Crippen LogP contribution in [0.1, 0.15) is 6.42 Å². The first-order valence-electron chi connectivity index (χ1n) is 9.66. The van der Waals surface area contributed by atoms with Crippen LogP contribution in [0.2, 0.25) is 5.02 Å². The molecule has 1 aliphatic rings. The Hall–Kier alpha value is -2.58. The Morgan fingerprint density at radius 1 is 1.17 bits per heavy atom. The Bertz CT molecular complexity index is 880. The molecule has 0 spiro atoms. The number of ether oxygens (including phenoxy) is 1. The number of nitrogens with zero attached hydrogens (tertiary/aromatic N) is 4.